The highest BCUT2D eigenvalue weighted by Crippen LogP contribution is 2.37. The highest BCUT2D eigenvalue weighted by Gasteiger charge is 2.06. The van der Waals surface area contributed by atoms with E-state index >= 15 is 0 Å². The fraction of sp³-hybridized carbons (Fsp3) is 1.00. The summed E-state index contributed by atoms with van der Waals surface area (Å²) in [6, 6.07) is 0. The first kappa shape index (κ1) is 14.1. The highest BCUT2D eigenvalue weighted by molar-refractivity contribution is 7.80. The van der Waals surface area contributed by atoms with Gasteiger partial charge in [0, 0.05) is 13.3 Å². The number of hydrogen-bond acceptors (Lipinski definition) is 5. The first-order chi connectivity index (χ1) is 6.21. The van der Waals surface area contributed by atoms with Crippen LogP contribution in [-0.4, -0.2) is 39.5 Å². The Hall–Kier alpha value is 0.0600. The van der Waals surface area contributed by atoms with Gasteiger partial charge < -0.3 is 4.52 Å². The number of hydrogen-bond donors (Lipinski definition) is 1. The third kappa shape index (κ3) is 12.1. The fourth-order valence-electron chi connectivity index (χ4n) is 0.653. The molecule has 0 spiro atoms. The lowest BCUT2D eigenvalue weighted by Crippen LogP contribution is -2.05. The molecule has 0 fully saturated rings. The van der Waals surface area contributed by atoms with Gasteiger partial charge in [0.25, 0.3) is 0 Å². The molecule has 1 N–H and O–H groups in total. The smallest absolute Gasteiger partial charge is 0.329 e. The van der Waals surface area contributed by atoms with E-state index in [1.165, 1.54) is 13.3 Å². The van der Waals surface area contributed by atoms with Crippen molar-refractivity contribution in [2.45, 2.75) is 12.8 Å². The Morgan fingerprint density at radius 2 is 1.71 bits per heavy atom. The minimum absolute atomic E-state index is 0.0973. The molecule has 0 unspecified atom stereocenters. The van der Waals surface area contributed by atoms with Crippen LogP contribution in [0.25, 0.3) is 0 Å². The van der Waals surface area contributed by atoms with Crippen molar-refractivity contribution >= 4 is 17.8 Å². The van der Waals surface area contributed by atoms with E-state index in [0.29, 0.717) is 19.4 Å². The summed E-state index contributed by atoms with van der Waals surface area (Å²) >= 11 is 0. The van der Waals surface area contributed by atoms with Crippen molar-refractivity contribution in [1.82, 2.24) is 0 Å². The van der Waals surface area contributed by atoms with Crippen LogP contribution in [-0.2, 0) is 23.7 Å². The van der Waals surface area contributed by atoms with Crippen LogP contribution in [0, 0.1) is 0 Å². The van der Waals surface area contributed by atoms with Gasteiger partial charge in [0.2, 0.25) is 0 Å². The van der Waals surface area contributed by atoms with Gasteiger partial charge in [-0.1, -0.05) is 0 Å². The van der Waals surface area contributed by atoms with Crippen molar-refractivity contribution < 1.29 is 26.2 Å². The molecule has 6 nitrogen and oxygen atoms in total. The maximum atomic E-state index is 11.0. The van der Waals surface area contributed by atoms with Gasteiger partial charge in [-0.25, -0.2) is 4.18 Å². The molecule has 0 aliphatic carbocycles. The van der Waals surface area contributed by atoms with E-state index in [1.807, 2.05) is 0 Å². The van der Waals surface area contributed by atoms with E-state index < -0.39 is 17.8 Å². The SMILES string of the molecule is CP(C)(=O)OCCCCOS(=O)(=O)O. The average molecular weight is 246 g/mol. The zero-order chi connectivity index (χ0) is 11.2. The van der Waals surface area contributed by atoms with E-state index in [-0.39, 0.29) is 6.61 Å². The van der Waals surface area contributed by atoms with Crippen molar-refractivity contribution in [2.75, 3.05) is 26.5 Å². The van der Waals surface area contributed by atoms with E-state index in [4.69, 9.17) is 9.08 Å². The molecule has 0 bridgehead atoms. The lowest BCUT2D eigenvalue weighted by Gasteiger charge is -2.07. The number of rotatable bonds is 7. The van der Waals surface area contributed by atoms with Crippen LogP contribution in [0.1, 0.15) is 12.8 Å². The second-order valence-corrected chi connectivity index (χ2v) is 6.90. The second-order valence-electron chi connectivity index (χ2n) is 3.04. The van der Waals surface area contributed by atoms with Crippen LogP contribution in [0.5, 0.6) is 0 Å². The van der Waals surface area contributed by atoms with Gasteiger partial charge >= 0.3 is 10.4 Å². The summed E-state index contributed by atoms with van der Waals surface area (Å²) in [7, 11) is -6.79. The van der Waals surface area contributed by atoms with Gasteiger partial charge in [0.1, 0.15) is 0 Å². The van der Waals surface area contributed by atoms with E-state index in [0.717, 1.165) is 0 Å². The van der Waals surface area contributed by atoms with Gasteiger partial charge in [-0.3, -0.25) is 9.12 Å². The minimum atomic E-state index is -4.34. The fourth-order valence-corrected chi connectivity index (χ4v) is 1.55. The summed E-state index contributed by atoms with van der Waals surface area (Å²) in [4.78, 5) is 0. The van der Waals surface area contributed by atoms with E-state index in [1.54, 1.807) is 0 Å². The molecule has 0 aromatic carbocycles. The Balaban J connectivity index is 3.36. The van der Waals surface area contributed by atoms with Crippen LogP contribution in [0.4, 0.5) is 0 Å². The van der Waals surface area contributed by atoms with Gasteiger partial charge in [-0.15, -0.1) is 0 Å². The lowest BCUT2D eigenvalue weighted by molar-refractivity contribution is 0.245. The Labute approximate surface area is 84.0 Å². The molecule has 0 atom stereocenters. The topological polar surface area (TPSA) is 89.9 Å². The van der Waals surface area contributed by atoms with Crippen LogP contribution in [0.15, 0.2) is 0 Å². The molecule has 0 aliphatic heterocycles. The maximum absolute atomic E-state index is 11.0. The van der Waals surface area contributed by atoms with Gasteiger partial charge in [0.05, 0.1) is 13.2 Å². The summed E-state index contributed by atoms with van der Waals surface area (Å²) in [6.07, 6.45) is 0.945. The first-order valence-corrected chi connectivity index (χ1v) is 7.90. The standard InChI is InChI=1S/C6H15O6PS/c1-13(2,7)11-5-3-4-6-12-14(8,9)10/h3-6H2,1-2H3,(H,8,9,10). The zero-order valence-corrected chi connectivity index (χ0v) is 9.88. The van der Waals surface area contributed by atoms with Gasteiger partial charge in [0.15, 0.2) is 7.37 Å². The van der Waals surface area contributed by atoms with E-state index in [9.17, 15) is 13.0 Å². The molecule has 14 heavy (non-hydrogen) atoms. The molecular weight excluding hydrogens is 231 g/mol. The average Bonchev–Trinajstić information content (AvgIpc) is 1.92. The largest absolute Gasteiger partial charge is 0.397 e. The van der Waals surface area contributed by atoms with Gasteiger partial charge in [-0.2, -0.15) is 8.42 Å². The lowest BCUT2D eigenvalue weighted by atomic mass is 10.3. The zero-order valence-electron chi connectivity index (χ0n) is 8.17. The first-order valence-electron chi connectivity index (χ1n) is 4.02. The monoisotopic (exact) mass is 246 g/mol. The predicted octanol–water partition coefficient (Wildman–Crippen LogP) is 1.14. The van der Waals surface area contributed by atoms with Crippen LogP contribution in [0.2, 0.25) is 0 Å². The summed E-state index contributed by atoms with van der Waals surface area (Å²) in [6.45, 7) is 3.20. The third-order valence-electron chi connectivity index (χ3n) is 1.17. The van der Waals surface area contributed by atoms with Crippen molar-refractivity contribution in [1.29, 1.82) is 0 Å². The predicted molar refractivity (Wildman–Crippen MR) is 52.1 cm³/mol. The molecule has 0 aromatic heterocycles. The summed E-state index contributed by atoms with van der Waals surface area (Å²) in [5, 5.41) is 0. The Kier molecular flexibility index (Phi) is 5.85. The van der Waals surface area contributed by atoms with Crippen molar-refractivity contribution in [3.8, 4) is 0 Å². The summed E-state index contributed by atoms with van der Waals surface area (Å²) < 4.78 is 48.4. The number of unbranched alkanes of at least 4 members (excludes halogenated alkanes) is 1. The Bertz CT molecular complexity index is 291. The van der Waals surface area contributed by atoms with Crippen molar-refractivity contribution in [3.63, 3.8) is 0 Å². The molecule has 0 amide bonds. The molecule has 0 saturated heterocycles. The van der Waals surface area contributed by atoms with Crippen molar-refractivity contribution in [2.24, 2.45) is 0 Å². The second kappa shape index (κ2) is 5.82. The molecule has 8 heteroatoms. The molecule has 0 aromatic rings. The Morgan fingerprint density at radius 1 is 1.21 bits per heavy atom. The third-order valence-corrected chi connectivity index (χ3v) is 2.44. The molecule has 0 heterocycles. The molecule has 0 radical (unpaired) electrons. The summed E-state index contributed by atoms with van der Waals surface area (Å²) in [5.74, 6) is 0. The molecule has 0 aliphatic rings. The normalized spacial score (nSPS) is 13.1. The van der Waals surface area contributed by atoms with E-state index in [2.05, 4.69) is 4.18 Å². The maximum Gasteiger partial charge on any atom is 0.397 e. The van der Waals surface area contributed by atoms with Crippen molar-refractivity contribution in [3.05, 3.63) is 0 Å². The molecule has 0 rings (SSSR count). The molecule has 0 saturated carbocycles. The van der Waals surface area contributed by atoms with Gasteiger partial charge in [-0.05, 0) is 12.8 Å². The molecular formula is C6H15O6PS. The quantitative estimate of drug-likeness (QED) is 0.411. The summed E-state index contributed by atoms with van der Waals surface area (Å²) in [5.41, 5.74) is 0. The molecule has 86 valence electrons. The Morgan fingerprint density at radius 3 is 2.14 bits per heavy atom. The minimum Gasteiger partial charge on any atom is -0.329 e. The highest BCUT2D eigenvalue weighted by atomic mass is 32.3. The van der Waals surface area contributed by atoms with Crippen LogP contribution in [0.3, 0.4) is 0 Å². The van der Waals surface area contributed by atoms with Crippen LogP contribution >= 0.6 is 7.37 Å². The van der Waals surface area contributed by atoms with Crippen LogP contribution < -0.4 is 0 Å².